The standard InChI is InChI=1S/C14H25NO3/c1-11-14(17,7-8-18-11)10-15-13(16)9-12-5-3-2-4-6-12/h11-12,17H,2-10H2,1H3,(H,15,16). The van der Waals surface area contributed by atoms with Gasteiger partial charge in [0.2, 0.25) is 5.91 Å². The Morgan fingerprint density at radius 1 is 1.39 bits per heavy atom. The predicted octanol–water partition coefficient (Wildman–Crippen LogP) is 1.61. The molecule has 4 nitrogen and oxygen atoms in total. The zero-order valence-corrected chi connectivity index (χ0v) is 11.3. The van der Waals surface area contributed by atoms with E-state index >= 15 is 0 Å². The van der Waals surface area contributed by atoms with Crippen LogP contribution in [0, 0.1) is 5.92 Å². The number of carbonyl (C=O) groups excluding carboxylic acids is 1. The van der Waals surface area contributed by atoms with Crippen LogP contribution in [0.1, 0.15) is 51.9 Å². The molecule has 104 valence electrons. The molecule has 1 amide bonds. The summed E-state index contributed by atoms with van der Waals surface area (Å²) in [5.41, 5.74) is -0.873. The molecule has 1 aliphatic carbocycles. The largest absolute Gasteiger partial charge is 0.385 e. The third-order valence-electron chi connectivity index (χ3n) is 4.45. The monoisotopic (exact) mass is 255 g/mol. The fraction of sp³-hybridized carbons (Fsp3) is 0.929. The maximum Gasteiger partial charge on any atom is 0.220 e. The van der Waals surface area contributed by atoms with Crippen LogP contribution in [0.2, 0.25) is 0 Å². The third-order valence-corrected chi connectivity index (χ3v) is 4.45. The van der Waals surface area contributed by atoms with Gasteiger partial charge in [-0.3, -0.25) is 4.79 Å². The molecule has 1 saturated heterocycles. The van der Waals surface area contributed by atoms with Crippen molar-refractivity contribution in [2.75, 3.05) is 13.2 Å². The summed E-state index contributed by atoms with van der Waals surface area (Å²) in [7, 11) is 0. The quantitative estimate of drug-likeness (QED) is 0.802. The first-order valence-electron chi connectivity index (χ1n) is 7.21. The number of hydrogen-bond donors (Lipinski definition) is 2. The molecule has 1 saturated carbocycles. The Hall–Kier alpha value is -0.610. The van der Waals surface area contributed by atoms with Crippen molar-refractivity contribution in [1.82, 2.24) is 5.32 Å². The molecule has 0 radical (unpaired) electrons. The number of amides is 1. The minimum Gasteiger partial charge on any atom is -0.385 e. The number of aliphatic hydroxyl groups is 1. The Balaban J connectivity index is 1.71. The van der Waals surface area contributed by atoms with E-state index in [1.165, 1.54) is 32.1 Å². The molecule has 2 N–H and O–H groups in total. The van der Waals surface area contributed by atoms with Crippen LogP contribution >= 0.6 is 0 Å². The third kappa shape index (κ3) is 3.45. The molecule has 0 aromatic heterocycles. The van der Waals surface area contributed by atoms with E-state index in [-0.39, 0.29) is 12.0 Å². The minimum atomic E-state index is -0.873. The van der Waals surface area contributed by atoms with E-state index in [1.54, 1.807) is 0 Å². The lowest BCUT2D eigenvalue weighted by atomic mass is 9.86. The van der Waals surface area contributed by atoms with Gasteiger partial charge in [0, 0.05) is 26.0 Å². The van der Waals surface area contributed by atoms with Crippen molar-refractivity contribution < 1.29 is 14.6 Å². The summed E-state index contributed by atoms with van der Waals surface area (Å²) in [6.07, 6.45) is 7.22. The van der Waals surface area contributed by atoms with Gasteiger partial charge in [-0.05, 0) is 25.7 Å². The Labute approximate surface area is 109 Å². The molecule has 1 heterocycles. The highest BCUT2D eigenvalue weighted by molar-refractivity contribution is 5.76. The van der Waals surface area contributed by atoms with E-state index in [1.807, 2.05) is 6.92 Å². The van der Waals surface area contributed by atoms with Gasteiger partial charge < -0.3 is 15.2 Å². The average molecular weight is 255 g/mol. The Kier molecular flexibility index (Phi) is 4.62. The van der Waals surface area contributed by atoms with Crippen molar-refractivity contribution in [2.24, 2.45) is 5.92 Å². The van der Waals surface area contributed by atoms with Crippen molar-refractivity contribution >= 4 is 5.91 Å². The van der Waals surface area contributed by atoms with Crippen LogP contribution in [-0.4, -0.2) is 35.9 Å². The summed E-state index contributed by atoms with van der Waals surface area (Å²) in [5, 5.41) is 13.1. The lowest BCUT2D eigenvalue weighted by Crippen LogP contribution is -2.47. The number of nitrogens with one attached hydrogen (secondary N) is 1. The van der Waals surface area contributed by atoms with E-state index in [4.69, 9.17) is 4.74 Å². The summed E-state index contributed by atoms with van der Waals surface area (Å²) < 4.78 is 5.35. The highest BCUT2D eigenvalue weighted by Crippen LogP contribution is 2.27. The van der Waals surface area contributed by atoms with E-state index in [0.29, 0.717) is 31.9 Å². The zero-order chi connectivity index (χ0) is 13.0. The fourth-order valence-electron chi connectivity index (χ4n) is 2.98. The van der Waals surface area contributed by atoms with Crippen LogP contribution in [0.25, 0.3) is 0 Å². The predicted molar refractivity (Wildman–Crippen MR) is 69.2 cm³/mol. The number of hydrogen-bond acceptors (Lipinski definition) is 3. The van der Waals surface area contributed by atoms with Crippen molar-refractivity contribution in [1.29, 1.82) is 0 Å². The average Bonchev–Trinajstić information content (AvgIpc) is 2.69. The number of rotatable bonds is 4. The molecule has 2 atom stereocenters. The van der Waals surface area contributed by atoms with Gasteiger partial charge in [0.15, 0.2) is 0 Å². The summed E-state index contributed by atoms with van der Waals surface area (Å²) in [6, 6.07) is 0. The molecule has 18 heavy (non-hydrogen) atoms. The lowest BCUT2D eigenvalue weighted by Gasteiger charge is -2.27. The van der Waals surface area contributed by atoms with E-state index < -0.39 is 5.60 Å². The van der Waals surface area contributed by atoms with Gasteiger partial charge in [0.1, 0.15) is 5.60 Å². The van der Waals surface area contributed by atoms with Crippen LogP contribution in [0.3, 0.4) is 0 Å². The fourth-order valence-corrected chi connectivity index (χ4v) is 2.98. The van der Waals surface area contributed by atoms with Gasteiger partial charge in [-0.2, -0.15) is 0 Å². The molecule has 1 aliphatic heterocycles. The molecule has 2 rings (SSSR count). The van der Waals surface area contributed by atoms with Gasteiger partial charge >= 0.3 is 0 Å². The smallest absolute Gasteiger partial charge is 0.220 e. The highest BCUT2D eigenvalue weighted by Gasteiger charge is 2.39. The minimum absolute atomic E-state index is 0.0782. The highest BCUT2D eigenvalue weighted by atomic mass is 16.5. The number of ether oxygens (including phenoxy) is 1. The van der Waals surface area contributed by atoms with Crippen molar-refractivity contribution in [3.05, 3.63) is 0 Å². The SMILES string of the molecule is CC1OCCC1(O)CNC(=O)CC1CCCCC1. The van der Waals surface area contributed by atoms with E-state index in [9.17, 15) is 9.90 Å². The maximum atomic E-state index is 11.9. The normalized spacial score (nSPS) is 33.6. The summed E-state index contributed by atoms with van der Waals surface area (Å²) in [5.74, 6) is 0.625. The van der Waals surface area contributed by atoms with Crippen molar-refractivity contribution in [3.63, 3.8) is 0 Å². The van der Waals surface area contributed by atoms with E-state index in [0.717, 1.165) is 0 Å². The first-order chi connectivity index (χ1) is 8.60. The second-order valence-corrected chi connectivity index (χ2v) is 5.85. The van der Waals surface area contributed by atoms with Gasteiger partial charge in [0.25, 0.3) is 0 Å². The van der Waals surface area contributed by atoms with Gasteiger partial charge in [-0.25, -0.2) is 0 Å². The van der Waals surface area contributed by atoms with Crippen molar-refractivity contribution in [2.45, 2.75) is 63.6 Å². The second kappa shape index (κ2) is 6.02. The topological polar surface area (TPSA) is 58.6 Å². The summed E-state index contributed by atoms with van der Waals surface area (Å²) in [4.78, 5) is 11.9. The molecule has 2 unspecified atom stereocenters. The molecule has 0 aromatic carbocycles. The molecule has 4 heteroatoms. The van der Waals surface area contributed by atoms with Crippen LogP contribution < -0.4 is 5.32 Å². The van der Waals surface area contributed by atoms with Crippen LogP contribution in [0.15, 0.2) is 0 Å². The van der Waals surface area contributed by atoms with Crippen LogP contribution in [0.4, 0.5) is 0 Å². The maximum absolute atomic E-state index is 11.9. The second-order valence-electron chi connectivity index (χ2n) is 5.85. The summed E-state index contributed by atoms with van der Waals surface area (Å²) in [6.45, 7) is 2.76. The summed E-state index contributed by atoms with van der Waals surface area (Å²) >= 11 is 0. The molecule has 2 fully saturated rings. The molecular weight excluding hydrogens is 230 g/mol. The first-order valence-corrected chi connectivity index (χ1v) is 7.21. The Morgan fingerprint density at radius 3 is 2.72 bits per heavy atom. The van der Waals surface area contributed by atoms with E-state index in [2.05, 4.69) is 5.32 Å². The molecule has 0 bridgehead atoms. The van der Waals surface area contributed by atoms with Crippen molar-refractivity contribution in [3.8, 4) is 0 Å². The van der Waals surface area contributed by atoms with Gasteiger partial charge in [-0.1, -0.05) is 19.3 Å². The van der Waals surface area contributed by atoms with Gasteiger partial charge in [-0.15, -0.1) is 0 Å². The molecule has 0 aromatic rings. The molecule has 2 aliphatic rings. The van der Waals surface area contributed by atoms with Crippen LogP contribution in [-0.2, 0) is 9.53 Å². The first kappa shape index (κ1) is 13.8. The Morgan fingerprint density at radius 2 is 2.11 bits per heavy atom. The molecule has 0 spiro atoms. The van der Waals surface area contributed by atoms with Gasteiger partial charge in [0.05, 0.1) is 6.10 Å². The molecular formula is C14H25NO3. The zero-order valence-electron chi connectivity index (χ0n) is 11.3. The van der Waals surface area contributed by atoms with Crippen LogP contribution in [0.5, 0.6) is 0 Å². The lowest BCUT2D eigenvalue weighted by molar-refractivity contribution is -0.124. The Bertz CT molecular complexity index is 289. The number of carbonyl (C=O) groups is 1.